The van der Waals surface area contributed by atoms with Gasteiger partial charge in [-0.25, -0.2) is 4.98 Å². The van der Waals surface area contributed by atoms with E-state index in [2.05, 4.69) is 56.6 Å². The van der Waals surface area contributed by atoms with Crippen molar-refractivity contribution in [1.29, 1.82) is 0 Å². The summed E-state index contributed by atoms with van der Waals surface area (Å²) in [5.74, 6) is 1.79. The van der Waals surface area contributed by atoms with Crippen LogP contribution in [-0.2, 0) is 0 Å². The molecule has 0 radical (unpaired) electrons. The molecule has 4 nitrogen and oxygen atoms in total. The zero-order chi connectivity index (χ0) is 16.6. The van der Waals surface area contributed by atoms with Gasteiger partial charge in [-0.05, 0) is 66.9 Å². The maximum atomic E-state index is 4.69. The fraction of sp³-hybridized carbons (Fsp3) is 0.381. The van der Waals surface area contributed by atoms with Gasteiger partial charge in [0.05, 0.1) is 0 Å². The largest absolute Gasteiger partial charge is 0.367 e. The highest BCUT2D eigenvalue weighted by molar-refractivity contribution is 5.84. The van der Waals surface area contributed by atoms with E-state index in [0.717, 1.165) is 17.3 Å². The van der Waals surface area contributed by atoms with Crippen LogP contribution >= 0.6 is 0 Å². The van der Waals surface area contributed by atoms with Gasteiger partial charge in [-0.1, -0.05) is 12.1 Å². The van der Waals surface area contributed by atoms with Crippen molar-refractivity contribution >= 4 is 16.7 Å². The second-order valence-corrected chi connectivity index (χ2v) is 7.45. The lowest BCUT2D eigenvalue weighted by atomic mass is 9.85. The normalized spacial score (nSPS) is 25.8. The van der Waals surface area contributed by atoms with Crippen LogP contribution in [0.15, 0.2) is 48.8 Å². The molecule has 128 valence electrons. The Balaban J connectivity index is 1.32. The molecule has 4 heteroatoms. The predicted molar refractivity (Wildman–Crippen MR) is 103 cm³/mol. The van der Waals surface area contributed by atoms with Crippen molar-refractivity contribution in [3.05, 3.63) is 48.8 Å². The lowest BCUT2D eigenvalue weighted by Gasteiger charge is -2.43. The number of benzene rings is 1. The fourth-order valence-electron chi connectivity index (χ4n) is 4.44. The monoisotopic (exact) mass is 332 g/mol. The predicted octanol–water partition coefficient (Wildman–Crippen LogP) is 4.13. The van der Waals surface area contributed by atoms with Gasteiger partial charge in [0.25, 0.3) is 0 Å². The van der Waals surface area contributed by atoms with E-state index in [1.165, 1.54) is 55.4 Å². The van der Waals surface area contributed by atoms with Crippen LogP contribution in [0.25, 0.3) is 22.0 Å². The number of piperidine rings is 2. The summed E-state index contributed by atoms with van der Waals surface area (Å²) >= 11 is 0. The first-order valence-corrected chi connectivity index (χ1v) is 9.38. The molecule has 3 unspecified atom stereocenters. The standard InChI is InChI=1S/C21H24N4/c1-2-18-14-25(10-1)11-8-19(18)24-21-6-5-17(13-23-21)16-4-3-15-7-9-22-20(15)12-16/h3-7,9,12-13,18-19,22H,1-2,8,10-11,14H2,(H,23,24). The molecule has 25 heavy (non-hydrogen) atoms. The minimum absolute atomic E-state index is 0.574. The molecule has 4 heterocycles. The number of rotatable bonds is 3. The summed E-state index contributed by atoms with van der Waals surface area (Å²) < 4.78 is 0. The summed E-state index contributed by atoms with van der Waals surface area (Å²) in [6, 6.07) is 13.5. The average Bonchev–Trinajstić information content (AvgIpc) is 3.13. The van der Waals surface area contributed by atoms with Crippen molar-refractivity contribution in [2.24, 2.45) is 5.92 Å². The van der Waals surface area contributed by atoms with Crippen LogP contribution in [0.2, 0.25) is 0 Å². The number of pyridine rings is 1. The lowest BCUT2D eigenvalue weighted by Crippen LogP contribution is -2.49. The van der Waals surface area contributed by atoms with Crippen LogP contribution in [-0.4, -0.2) is 40.5 Å². The molecule has 2 aromatic heterocycles. The van der Waals surface area contributed by atoms with Crippen LogP contribution in [0.1, 0.15) is 19.3 Å². The molecule has 2 fully saturated rings. The van der Waals surface area contributed by atoms with E-state index < -0.39 is 0 Å². The molecule has 2 aliphatic rings. The van der Waals surface area contributed by atoms with Gasteiger partial charge < -0.3 is 15.2 Å². The number of aromatic amines is 1. The lowest BCUT2D eigenvalue weighted by molar-refractivity contribution is 0.113. The van der Waals surface area contributed by atoms with Gasteiger partial charge in [-0.3, -0.25) is 0 Å². The van der Waals surface area contributed by atoms with Crippen molar-refractivity contribution in [3.8, 4) is 11.1 Å². The average molecular weight is 332 g/mol. The Bertz CT molecular complexity index is 867. The second kappa shape index (κ2) is 6.19. The van der Waals surface area contributed by atoms with Crippen molar-refractivity contribution < 1.29 is 0 Å². The highest BCUT2D eigenvalue weighted by Gasteiger charge is 2.31. The first-order valence-electron chi connectivity index (χ1n) is 9.38. The molecule has 2 bridgehead atoms. The maximum Gasteiger partial charge on any atom is 0.126 e. The summed E-state index contributed by atoms with van der Waals surface area (Å²) in [6.07, 6.45) is 7.90. The Morgan fingerprint density at radius 2 is 2.00 bits per heavy atom. The van der Waals surface area contributed by atoms with Crippen LogP contribution in [0, 0.1) is 5.92 Å². The second-order valence-electron chi connectivity index (χ2n) is 7.45. The summed E-state index contributed by atoms with van der Waals surface area (Å²) in [4.78, 5) is 10.6. The Labute approximate surface area is 148 Å². The van der Waals surface area contributed by atoms with Crippen molar-refractivity contribution in [1.82, 2.24) is 14.9 Å². The Morgan fingerprint density at radius 3 is 2.92 bits per heavy atom. The first kappa shape index (κ1) is 15.0. The zero-order valence-corrected chi connectivity index (χ0v) is 14.4. The highest BCUT2D eigenvalue weighted by Crippen LogP contribution is 2.29. The summed E-state index contributed by atoms with van der Waals surface area (Å²) in [7, 11) is 0. The van der Waals surface area contributed by atoms with Gasteiger partial charge >= 0.3 is 0 Å². The number of nitrogens with zero attached hydrogens (tertiary/aromatic N) is 2. The van der Waals surface area contributed by atoms with Crippen molar-refractivity contribution in [3.63, 3.8) is 0 Å². The molecule has 2 aliphatic heterocycles. The van der Waals surface area contributed by atoms with Crippen molar-refractivity contribution in [2.75, 3.05) is 25.0 Å². The Kier molecular flexibility index (Phi) is 3.71. The SMILES string of the molecule is c1cc2ccc(-c3ccc(NC4CCN5CCCC4C5)nc3)cc2[nH]1. The molecular formula is C21H24N4. The molecule has 5 rings (SSSR count). The Morgan fingerprint density at radius 1 is 1.04 bits per heavy atom. The van der Waals surface area contributed by atoms with E-state index in [4.69, 9.17) is 0 Å². The topological polar surface area (TPSA) is 44.0 Å². The number of hydrogen-bond donors (Lipinski definition) is 2. The third-order valence-corrected chi connectivity index (χ3v) is 5.85. The molecule has 1 aromatic carbocycles. The molecule has 3 aromatic rings. The van der Waals surface area contributed by atoms with Gasteiger partial charge in [0.1, 0.15) is 5.82 Å². The minimum atomic E-state index is 0.574. The number of aromatic nitrogens is 2. The van der Waals surface area contributed by atoms with E-state index in [1.54, 1.807) is 0 Å². The number of fused-ring (bicyclic) bond motifs is 3. The first-order chi connectivity index (χ1) is 12.3. The van der Waals surface area contributed by atoms with Crippen LogP contribution in [0.4, 0.5) is 5.82 Å². The van der Waals surface area contributed by atoms with Gasteiger partial charge in [-0.2, -0.15) is 0 Å². The summed E-state index contributed by atoms with van der Waals surface area (Å²) in [5, 5.41) is 4.94. The number of nitrogens with one attached hydrogen (secondary N) is 2. The highest BCUT2D eigenvalue weighted by atomic mass is 15.2. The fourth-order valence-corrected chi connectivity index (χ4v) is 4.44. The van der Waals surface area contributed by atoms with E-state index >= 15 is 0 Å². The maximum absolute atomic E-state index is 4.69. The summed E-state index contributed by atoms with van der Waals surface area (Å²) in [5.41, 5.74) is 3.54. The molecule has 3 atom stereocenters. The summed E-state index contributed by atoms with van der Waals surface area (Å²) in [6.45, 7) is 3.77. The molecule has 2 N–H and O–H groups in total. The van der Waals surface area contributed by atoms with E-state index in [0.29, 0.717) is 6.04 Å². The zero-order valence-electron chi connectivity index (χ0n) is 14.4. The van der Waals surface area contributed by atoms with Gasteiger partial charge in [0, 0.05) is 42.6 Å². The quantitative estimate of drug-likeness (QED) is 0.758. The number of H-pyrrole nitrogens is 1. The molecule has 0 aliphatic carbocycles. The van der Waals surface area contributed by atoms with Crippen LogP contribution in [0.5, 0.6) is 0 Å². The van der Waals surface area contributed by atoms with Gasteiger partial charge in [0.2, 0.25) is 0 Å². The van der Waals surface area contributed by atoms with Crippen molar-refractivity contribution in [2.45, 2.75) is 25.3 Å². The van der Waals surface area contributed by atoms with E-state index in [1.807, 2.05) is 12.4 Å². The smallest absolute Gasteiger partial charge is 0.126 e. The molecule has 0 spiro atoms. The Hall–Kier alpha value is -2.33. The van der Waals surface area contributed by atoms with E-state index in [9.17, 15) is 0 Å². The minimum Gasteiger partial charge on any atom is -0.367 e. The number of hydrogen-bond acceptors (Lipinski definition) is 3. The third kappa shape index (κ3) is 2.91. The molecule has 2 saturated heterocycles. The van der Waals surface area contributed by atoms with Gasteiger partial charge in [0.15, 0.2) is 0 Å². The van der Waals surface area contributed by atoms with E-state index in [-0.39, 0.29) is 0 Å². The molecular weight excluding hydrogens is 308 g/mol. The molecule has 0 saturated carbocycles. The van der Waals surface area contributed by atoms with Crippen LogP contribution in [0.3, 0.4) is 0 Å². The van der Waals surface area contributed by atoms with Crippen LogP contribution < -0.4 is 5.32 Å². The molecule has 0 amide bonds. The third-order valence-electron chi connectivity index (χ3n) is 5.85. The number of anilines is 1. The van der Waals surface area contributed by atoms with Gasteiger partial charge in [-0.15, -0.1) is 0 Å².